The molecule has 0 unspecified atom stereocenters. The van der Waals surface area contributed by atoms with Gasteiger partial charge in [-0.1, -0.05) is 13.8 Å². The molecule has 0 aromatic heterocycles. The van der Waals surface area contributed by atoms with Crippen molar-refractivity contribution in [1.29, 1.82) is 0 Å². The van der Waals surface area contributed by atoms with Gasteiger partial charge in [-0.15, -0.1) is 0 Å². The molecular weight excluding hydrogens is 242 g/mol. The molecular formula is C12H16F2N2O2. The lowest BCUT2D eigenvalue weighted by molar-refractivity contribution is 0.0758. The van der Waals surface area contributed by atoms with Crippen LogP contribution in [-0.2, 0) is 4.84 Å². The third-order valence-corrected chi connectivity index (χ3v) is 2.26. The van der Waals surface area contributed by atoms with E-state index in [-0.39, 0.29) is 18.2 Å². The zero-order chi connectivity index (χ0) is 13.7. The number of rotatable bonds is 4. The van der Waals surface area contributed by atoms with Gasteiger partial charge < -0.3 is 5.32 Å². The first-order valence-corrected chi connectivity index (χ1v) is 5.63. The molecule has 0 aliphatic heterocycles. The topological polar surface area (TPSA) is 50.4 Å². The first kappa shape index (κ1) is 14.4. The number of halogens is 2. The largest absolute Gasteiger partial charge is 0.343 e. The molecule has 0 saturated heterocycles. The predicted octanol–water partition coefficient (Wildman–Crippen LogP) is 3.16. The lowest BCUT2D eigenvalue weighted by atomic mass is 10.0. The van der Waals surface area contributed by atoms with Crippen LogP contribution in [0.15, 0.2) is 12.1 Å². The molecule has 0 spiro atoms. The van der Waals surface area contributed by atoms with E-state index >= 15 is 0 Å². The zero-order valence-electron chi connectivity index (χ0n) is 10.5. The van der Waals surface area contributed by atoms with Gasteiger partial charge in [-0.05, 0) is 24.5 Å². The van der Waals surface area contributed by atoms with Crippen molar-refractivity contribution in [3.63, 3.8) is 0 Å². The quantitative estimate of drug-likeness (QED) is 0.815. The van der Waals surface area contributed by atoms with E-state index in [9.17, 15) is 13.6 Å². The number of hydrogen-bond acceptors (Lipinski definition) is 2. The van der Waals surface area contributed by atoms with E-state index in [1.807, 2.05) is 0 Å². The minimum absolute atomic E-state index is 0.0383. The first-order valence-electron chi connectivity index (χ1n) is 5.63. The van der Waals surface area contributed by atoms with Gasteiger partial charge in [0, 0.05) is 6.07 Å². The summed E-state index contributed by atoms with van der Waals surface area (Å²) in [5.74, 6) is -1.62. The van der Waals surface area contributed by atoms with Gasteiger partial charge in [-0.3, -0.25) is 4.84 Å². The summed E-state index contributed by atoms with van der Waals surface area (Å²) in [6, 6.07) is 1.22. The molecule has 0 bridgehead atoms. The molecule has 18 heavy (non-hydrogen) atoms. The minimum Gasteiger partial charge on any atom is -0.303 e. The number of nitrogens with one attached hydrogen (secondary N) is 2. The van der Waals surface area contributed by atoms with Crippen LogP contribution in [0, 0.1) is 11.6 Å². The summed E-state index contributed by atoms with van der Waals surface area (Å²) in [5.41, 5.74) is 2.43. The fourth-order valence-corrected chi connectivity index (χ4v) is 1.46. The predicted molar refractivity (Wildman–Crippen MR) is 64.2 cm³/mol. The highest BCUT2D eigenvalue weighted by Crippen LogP contribution is 2.28. The second kappa shape index (κ2) is 6.30. The normalized spacial score (nSPS) is 10.6. The molecule has 1 aromatic rings. The van der Waals surface area contributed by atoms with Gasteiger partial charge >= 0.3 is 6.03 Å². The number of carbonyl (C=O) groups excluding carboxylic acids is 1. The Morgan fingerprint density at radius 2 is 2.06 bits per heavy atom. The number of carbonyl (C=O) groups is 1. The van der Waals surface area contributed by atoms with Gasteiger partial charge in [0.25, 0.3) is 0 Å². The summed E-state index contributed by atoms with van der Waals surface area (Å²) in [6.45, 7) is 5.54. The third-order valence-electron chi connectivity index (χ3n) is 2.26. The lowest BCUT2D eigenvalue weighted by Crippen LogP contribution is -2.29. The average molecular weight is 258 g/mol. The van der Waals surface area contributed by atoms with Gasteiger partial charge in [-0.25, -0.2) is 19.1 Å². The van der Waals surface area contributed by atoms with E-state index in [2.05, 4.69) is 15.6 Å². The Morgan fingerprint density at radius 3 is 2.61 bits per heavy atom. The molecule has 1 rings (SSSR count). The summed E-state index contributed by atoms with van der Waals surface area (Å²) in [5, 5.41) is 2.31. The fourth-order valence-electron chi connectivity index (χ4n) is 1.46. The van der Waals surface area contributed by atoms with Crippen LogP contribution in [0.2, 0.25) is 0 Å². The standard InChI is InChI=1S/C12H16F2N2O2/c1-4-18-16-12(17)15-11-9(7(2)3)5-8(13)6-10(11)14/h5-7H,4H2,1-3H3,(H2,15,16,17). The Balaban J connectivity index is 2.96. The van der Waals surface area contributed by atoms with Crippen molar-refractivity contribution >= 4 is 11.7 Å². The number of benzene rings is 1. The summed E-state index contributed by atoms with van der Waals surface area (Å²) in [4.78, 5) is 16.0. The molecule has 0 aliphatic carbocycles. The maximum absolute atomic E-state index is 13.6. The van der Waals surface area contributed by atoms with E-state index in [0.717, 1.165) is 6.07 Å². The van der Waals surface area contributed by atoms with E-state index in [1.54, 1.807) is 20.8 Å². The molecule has 0 fully saturated rings. The number of hydrogen-bond donors (Lipinski definition) is 2. The Kier molecular flexibility index (Phi) is 5.03. The van der Waals surface area contributed by atoms with Crippen molar-refractivity contribution in [3.8, 4) is 0 Å². The maximum Gasteiger partial charge on any atom is 0.343 e. The molecule has 0 atom stereocenters. The highest BCUT2D eigenvalue weighted by Gasteiger charge is 2.16. The van der Waals surface area contributed by atoms with Crippen LogP contribution in [0.25, 0.3) is 0 Å². The second-order valence-electron chi connectivity index (χ2n) is 4.00. The molecule has 100 valence electrons. The van der Waals surface area contributed by atoms with Crippen molar-refractivity contribution in [3.05, 3.63) is 29.3 Å². The summed E-state index contributed by atoms with van der Waals surface area (Å²) in [7, 11) is 0. The third kappa shape index (κ3) is 3.66. The molecule has 2 N–H and O–H groups in total. The Labute approximate surface area is 104 Å². The Hall–Kier alpha value is -1.69. The summed E-state index contributed by atoms with van der Waals surface area (Å²) < 4.78 is 26.7. The average Bonchev–Trinajstić information content (AvgIpc) is 2.29. The zero-order valence-corrected chi connectivity index (χ0v) is 10.5. The molecule has 6 heteroatoms. The van der Waals surface area contributed by atoms with Gasteiger partial charge in [0.15, 0.2) is 0 Å². The van der Waals surface area contributed by atoms with Crippen LogP contribution in [-0.4, -0.2) is 12.6 Å². The van der Waals surface area contributed by atoms with Gasteiger partial charge in [-0.2, -0.15) is 0 Å². The van der Waals surface area contributed by atoms with Crippen LogP contribution in [0.5, 0.6) is 0 Å². The van der Waals surface area contributed by atoms with Gasteiger partial charge in [0.1, 0.15) is 11.6 Å². The van der Waals surface area contributed by atoms with Gasteiger partial charge in [0.2, 0.25) is 0 Å². The van der Waals surface area contributed by atoms with E-state index in [0.29, 0.717) is 5.56 Å². The second-order valence-corrected chi connectivity index (χ2v) is 4.00. The summed E-state index contributed by atoms with van der Waals surface area (Å²) in [6.07, 6.45) is 0. The van der Waals surface area contributed by atoms with Crippen LogP contribution in [0.1, 0.15) is 32.3 Å². The van der Waals surface area contributed by atoms with Crippen LogP contribution in [0.4, 0.5) is 19.3 Å². The molecule has 0 heterocycles. The van der Waals surface area contributed by atoms with Crippen LogP contribution >= 0.6 is 0 Å². The lowest BCUT2D eigenvalue weighted by Gasteiger charge is -2.15. The number of urea groups is 1. The molecule has 4 nitrogen and oxygen atoms in total. The van der Waals surface area contributed by atoms with E-state index in [1.165, 1.54) is 6.07 Å². The van der Waals surface area contributed by atoms with Crippen LogP contribution < -0.4 is 10.8 Å². The van der Waals surface area contributed by atoms with Crippen molar-refractivity contribution in [1.82, 2.24) is 5.48 Å². The molecule has 1 aromatic carbocycles. The van der Waals surface area contributed by atoms with Gasteiger partial charge in [0.05, 0.1) is 12.3 Å². The molecule has 2 amide bonds. The monoisotopic (exact) mass is 258 g/mol. The van der Waals surface area contributed by atoms with Crippen molar-refractivity contribution in [2.24, 2.45) is 0 Å². The first-order chi connectivity index (χ1) is 8.45. The van der Waals surface area contributed by atoms with Crippen LogP contribution in [0.3, 0.4) is 0 Å². The van der Waals surface area contributed by atoms with Crippen molar-refractivity contribution < 1.29 is 18.4 Å². The Morgan fingerprint density at radius 1 is 1.39 bits per heavy atom. The fraction of sp³-hybridized carbons (Fsp3) is 0.417. The number of amides is 2. The minimum atomic E-state index is -0.814. The highest BCUT2D eigenvalue weighted by molar-refractivity contribution is 5.89. The maximum atomic E-state index is 13.6. The smallest absolute Gasteiger partial charge is 0.303 e. The number of anilines is 1. The van der Waals surface area contributed by atoms with Crippen molar-refractivity contribution in [2.45, 2.75) is 26.7 Å². The van der Waals surface area contributed by atoms with Crippen molar-refractivity contribution in [2.75, 3.05) is 11.9 Å². The SMILES string of the molecule is CCONC(=O)Nc1c(F)cc(F)cc1C(C)C. The van der Waals surface area contributed by atoms with E-state index in [4.69, 9.17) is 0 Å². The molecule has 0 saturated carbocycles. The number of hydroxylamine groups is 1. The molecule has 0 radical (unpaired) electrons. The molecule has 0 aliphatic rings. The van der Waals surface area contributed by atoms with E-state index < -0.39 is 17.7 Å². The summed E-state index contributed by atoms with van der Waals surface area (Å²) >= 11 is 0. The Bertz CT molecular complexity index is 436. The highest BCUT2D eigenvalue weighted by atomic mass is 19.1.